The highest BCUT2D eigenvalue weighted by Crippen LogP contribution is 2.28. The molecule has 2 heteroatoms. The lowest BCUT2D eigenvalue weighted by Crippen LogP contribution is -2.09. The van der Waals surface area contributed by atoms with E-state index in [1.165, 1.54) is 11.1 Å². The Morgan fingerprint density at radius 1 is 1.40 bits per heavy atom. The fraction of sp³-hybridized carbons (Fsp3) is 0.385. The Morgan fingerprint density at radius 2 is 2.27 bits per heavy atom. The molecule has 1 aliphatic carbocycles. The molecule has 1 aliphatic rings. The lowest BCUT2D eigenvalue weighted by atomic mass is 9.92. The molecule has 0 saturated carbocycles. The van der Waals surface area contributed by atoms with Crippen molar-refractivity contribution in [2.24, 2.45) is 0 Å². The molecule has 0 bridgehead atoms. The van der Waals surface area contributed by atoms with Gasteiger partial charge in [0.15, 0.2) is 0 Å². The van der Waals surface area contributed by atoms with Crippen LogP contribution < -0.4 is 4.74 Å². The third-order valence-corrected chi connectivity index (χ3v) is 2.82. The van der Waals surface area contributed by atoms with Crippen LogP contribution in [-0.2, 0) is 0 Å². The van der Waals surface area contributed by atoms with Crippen molar-refractivity contribution >= 4 is 5.57 Å². The molecule has 0 unspecified atom stereocenters. The van der Waals surface area contributed by atoms with E-state index in [-0.39, 0.29) is 6.10 Å². The molecule has 0 heterocycles. The van der Waals surface area contributed by atoms with Crippen molar-refractivity contribution in [3.05, 3.63) is 35.9 Å². The quantitative estimate of drug-likeness (QED) is 0.802. The summed E-state index contributed by atoms with van der Waals surface area (Å²) in [5.41, 5.74) is 2.53. The molecule has 0 fully saturated rings. The van der Waals surface area contributed by atoms with Crippen molar-refractivity contribution in [1.82, 2.24) is 0 Å². The Balaban J connectivity index is 2.22. The minimum absolute atomic E-state index is 0.153. The van der Waals surface area contributed by atoms with Gasteiger partial charge in [-0.3, -0.25) is 0 Å². The van der Waals surface area contributed by atoms with Crippen LogP contribution in [0.4, 0.5) is 0 Å². The Labute approximate surface area is 90.2 Å². The molecule has 1 N–H and O–H groups in total. The van der Waals surface area contributed by atoms with Gasteiger partial charge in [0, 0.05) is 0 Å². The van der Waals surface area contributed by atoms with Crippen LogP contribution in [-0.4, -0.2) is 18.3 Å². The van der Waals surface area contributed by atoms with Gasteiger partial charge in [-0.25, -0.2) is 0 Å². The van der Waals surface area contributed by atoms with E-state index < -0.39 is 0 Å². The van der Waals surface area contributed by atoms with Gasteiger partial charge in [0.25, 0.3) is 0 Å². The van der Waals surface area contributed by atoms with Crippen LogP contribution in [0.5, 0.6) is 5.75 Å². The fourth-order valence-corrected chi connectivity index (χ4v) is 1.91. The Kier molecular flexibility index (Phi) is 3.07. The average Bonchev–Trinajstić information content (AvgIpc) is 2.30. The molecule has 0 radical (unpaired) electrons. The number of methoxy groups -OCH3 is 1. The predicted molar refractivity (Wildman–Crippen MR) is 60.8 cm³/mol. The lowest BCUT2D eigenvalue weighted by Gasteiger charge is -2.17. The highest BCUT2D eigenvalue weighted by molar-refractivity contribution is 5.67. The molecule has 0 spiro atoms. The first-order valence-corrected chi connectivity index (χ1v) is 5.31. The van der Waals surface area contributed by atoms with E-state index >= 15 is 0 Å². The molecular formula is C13H16O2. The molecule has 15 heavy (non-hydrogen) atoms. The van der Waals surface area contributed by atoms with Gasteiger partial charge in [0.05, 0.1) is 13.2 Å². The van der Waals surface area contributed by atoms with E-state index in [2.05, 4.69) is 12.1 Å². The van der Waals surface area contributed by atoms with Crippen LogP contribution in [0.2, 0.25) is 0 Å². The molecule has 0 aliphatic heterocycles. The summed E-state index contributed by atoms with van der Waals surface area (Å²) >= 11 is 0. The topological polar surface area (TPSA) is 29.5 Å². The second kappa shape index (κ2) is 4.49. The third kappa shape index (κ3) is 2.39. The van der Waals surface area contributed by atoms with Crippen molar-refractivity contribution in [2.75, 3.05) is 7.11 Å². The number of rotatable bonds is 2. The fourth-order valence-electron chi connectivity index (χ4n) is 1.91. The lowest BCUT2D eigenvalue weighted by molar-refractivity contribution is 0.166. The van der Waals surface area contributed by atoms with Gasteiger partial charge >= 0.3 is 0 Å². The minimum Gasteiger partial charge on any atom is -0.497 e. The summed E-state index contributed by atoms with van der Waals surface area (Å²) in [5.74, 6) is 0.888. The van der Waals surface area contributed by atoms with Crippen molar-refractivity contribution in [2.45, 2.75) is 25.4 Å². The van der Waals surface area contributed by atoms with Gasteiger partial charge in [-0.1, -0.05) is 18.2 Å². The van der Waals surface area contributed by atoms with E-state index in [0.717, 1.165) is 25.0 Å². The van der Waals surface area contributed by atoms with Gasteiger partial charge < -0.3 is 9.84 Å². The Bertz CT molecular complexity index is 369. The zero-order valence-corrected chi connectivity index (χ0v) is 8.94. The second-order valence-electron chi connectivity index (χ2n) is 3.89. The molecule has 2 nitrogen and oxygen atoms in total. The highest BCUT2D eigenvalue weighted by Gasteiger charge is 2.12. The van der Waals surface area contributed by atoms with Crippen LogP contribution >= 0.6 is 0 Å². The first-order chi connectivity index (χ1) is 7.29. The van der Waals surface area contributed by atoms with Crippen molar-refractivity contribution in [3.8, 4) is 5.75 Å². The number of hydrogen-bond donors (Lipinski definition) is 1. The second-order valence-corrected chi connectivity index (χ2v) is 3.89. The van der Waals surface area contributed by atoms with Crippen LogP contribution in [0, 0.1) is 0 Å². The number of benzene rings is 1. The maximum atomic E-state index is 9.41. The molecule has 1 aromatic carbocycles. The molecule has 0 amide bonds. The largest absolute Gasteiger partial charge is 0.497 e. The average molecular weight is 204 g/mol. The molecule has 1 atom stereocenters. The number of aliphatic hydroxyl groups is 1. The number of allylic oxidation sites excluding steroid dienone is 1. The van der Waals surface area contributed by atoms with Crippen molar-refractivity contribution < 1.29 is 9.84 Å². The van der Waals surface area contributed by atoms with Gasteiger partial charge in [-0.15, -0.1) is 0 Å². The van der Waals surface area contributed by atoms with Crippen molar-refractivity contribution in [1.29, 1.82) is 0 Å². The molecule has 80 valence electrons. The molecule has 2 rings (SSSR count). The van der Waals surface area contributed by atoms with E-state index in [1.54, 1.807) is 7.11 Å². The van der Waals surface area contributed by atoms with Crippen LogP contribution in [0.15, 0.2) is 30.3 Å². The first kappa shape index (κ1) is 10.2. The smallest absolute Gasteiger partial charge is 0.119 e. The van der Waals surface area contributed by atoms with Crippen LogP contribution in [0.25, 0.3) is 5.57 Å². The first-order valence-electron chi connectivity index (χ1n) is 5.31. The zero-order chi connectivity index (χ0) is 10.7. The number of hydrogen-bond acceptors (Lipinski definition) is 2. The molecular weight excluding hydrogens is 188 g/mol. The standard InChI is InChI=1S/C13H16O2/c1-15-13-4-2-3-11(9-13)10-5-7-12(14)8-6-10/h2-5,9,12,14H,6-8H2,1H3/t12-/m1/s1. The highest BCUT2D eigenvalue weighted by atomic mass is 16.5. The maximum absolute atomic E-state index is 9.41. The maximum Gasteiger partial charge on any atom is 0.119 e. The van der Waals surface area contributed by atoms with E-state index in [4.69, 9.17) is 4.74 Å². The van der Waals surface area contributed by atoms with Crippen LogP contribution in [0.1, 0.15) is 24.8 Å². The van der Waals surface area contributed by atoms with Crippen molar-refractivity contribution in [3.63, 3.8) is 0 Å². The summed E-state index contributed by atoms with van der Waals surface area (Å²) in [6.07, 6.45) is 4.56. The normalized spacial score (nSPS) is 20.9. The molecule has 0 aromatic heterocycles. The van der Waals surface area contributed by atoms with Gasteiger partial charge in [0.2, 0.25) is 0 Å². The van der Waals surface area contributed by atoms with Crippen LogP contribution in [0.3, 0.4) is 0 Å². The van der Waals surface area contributed by atoms with E-state index in [0.29, 0.717) is 0 Å². The van der Waals surface area contributed by atoms with Gasteiger partial charge in [-0.05, 0) is 42.5 Å². The van der Waals surface area contributed by atoms with Gasteiger partial charge in [0.1, 0.15) is 5.75 Å². The van der Waals surface area contributed by atoms with Gasteiger partial charge in [-0.2, -0.15) is 0 Å². The summed E-state index contributed by atoms with van der Waals surface area (Å²) in [6.45, 7) is 0. The monoisotopic (exact) mass is 204 g/mol. The molecule has 0 saturated heterocycles. The van der Waals surface area contributed by atoms with E-state index in [1.807, 2.05) is 18.2 Å². The predicted octanol–water partition coefficient (Wildman–Crippen LogP) is 2.62. The zero-order valence-electron chi connectivity index (χ0n) is 8.94. The summed E-state index contributed by atoms with van der Waals surface area (Å²) in [6, 6.07) is 8.08. The minimum atomic E-state index is -0.153. The number of ether oxygens (including phenoxy) is 1. The third-order valence-electron chi connectivity index (χ3n) is 2.82. The number of aliphatic hydroxyl groups excluding tert-OH is 1. The summed E-state index contributed by atoms with van der Waals surface area (Å²) in [7, 11) is 1.68. The summed E-state index contributed by atoms with van der Waals surface area (Å²) in [5, 5.41) is 9.41. The Hall–Kier alpha value is -1.28. The Morgan fingerprint density at radius 3 is 2.93 bits per heavy atom. The molecule has 1 aromatic rings. The van der Waals surface area contributed by atoms with E-state index in [9.17, 15) is 5.11 Å². The summed E-state index contributed by atoms with van der Waals surface area (Å²) < 4.78 is 5.19. The summed E-state index contributed by atoms with van der Waals surface area (Å²) in [4.78, 5) is 0. The SMILES string of the molecule is COc1cccc(C2=CC[C@@H](O)CC2)c1.